The van der Waals surface area contributed by atoms with Crippen molar-refractivity contribution >= 4 is 17.2 Å². The molecule has 5 heteroatoms. The molecule has 2 rings (SSSR count). The minimum Gasteiger partial charge on any atom is -0.362 e. The molecule has 0 bridgehead atoms. The van der Waals surface area contributed by atoms with E-state index in [1.54, 1.807) is 11.3 Å². The van der Waals surface area contributed by atoms with Gasteiger partial charge in [-0.25, -0.2) is 4.98 Å². The molecule has 0 spiro atoms. The molecule has 4 nitrogen and oxygen atoms in total. The van der Waals surface area contributed by atoms with E-state index in [-0.39, 0.29) is 0 Å². The van der Waals surface area contributed by atoms with Gasteiger partial charge in [0, 0.05) is 11.4 Å². The van der Waals surface area contributed by atoms with Crippen molar-refractivity contribution in [3.05, 3.63) is 27.9 Å². The molecule has 1 N–H and O–H groups in total. The van der Waals surface area contributed by atoms with Crippen molar-refractivity contribution in [3.63, 3.8) is 0 Å². The first-order valence-corrected chi connectivity index (χ1v) is 5.76. The zero-order valence-electron chi connectivity index (χ0n) is 8.78. The van der Waals surface area contributed by atoms with Crippen LogP contribution in [0.3, 0.4) is 0 Å². The van der Waals surface area contributed by atoms with E-state index >= 15 is 0 Å². The Bertz CT molecular complexity index is 435. The fourth-order valence-electron chi connectivity index (χ4n) is 1.22. The van der Waals surface area contributed by atoms with Gasteiger partial charge in [-0.05, 0) is 13.3 Å². The van der Waals surface area contributed by atoms with Crippen molar-refractivity contribution in [1.29, 1.82) is 0 Å². The molecule has 0 saturated carbocycles. The van der Waals surface area contributed by atoms with E-state index in [1.165, 1.54) is 5.01 Å². The van der Waals surface area contributed by atoms with Gasteiger partial charge in [-0.15, -0.1) is 11.3 Å². The highest BCUT2D eigenvalue weighted by molar-refractivity contribution is 7.09. The third-order valence-electron chi connectivity index (χ3n) is 1.98. The molecular formula is C10H13N3OS. The van der Waals surface area contributed by atoms with Gasteiger partial charge in [0.15, 0.2) is 5.82 Å². The van der Waals surface area contributed by atoms with Crippen LogP contribution in [0.25, 0.3) is 0 Å². The van der Waals surface area contributed by atoms with Crippen molar-refractivity contribution in [3.8, 4) is 0 Å². The second-order valence-corrected chi connectivity index (χ2v) is 4.21. The van der Waals surface area contributed by atoms with Crippen LogP contribution in [0.1, 0.15) is 23.4 Å². The van der Waals surface area contributed by atoms with Crippen molar-refractivity contribution in [2.75, 3.05) is 5.32 Å². The molecule has 2 aromatic heterocycles. The molecule has 0 atom stereocenters. The van der Waals surface area contributed by atoms with Gasteiger partial charge in [0.1, 0.15) is 5.76 Å². The summed E-state index contributed by atoms with van der Waals surface area (Å²) in [5, 5.41) is 10.2. The average Bonchev–Trinajstić information content (AvgIpc) is 2.83. The van der Waals surface area contributed by atoms with Gasteiger partial charge in [0.25, 0.3) is 0 Å². The summed E-state index contributed by atoms with van der Waals surface area (Å²) in [5.41, 5.74) is 1.05. The van der Waals surface area contributed by atoms with Crippen LogP contribution in [0.2, 0.25) is 0 Å². The minimum absolute atomic E-state index is 0.697. The topological polar surface area (TPSA) is 51.0 Å². The zero-order valence-corrected chi connectivity index (χ0v) is 9.60. The number of nitrogens with zero attached hydrogens (tertiary/aromatic N) is 2. The summed E-state index contributed by atoms with van der Waals surface area (Å²) in [5.74, 6) is 1.57. The van der Waals surface area contributed by atoms with Gasteiger partial charge in [-0.3, -0.25) is 0 Å². The number of hydrogen-bond donors (Lipinski definition) is 1. The highest BCUT2D eigenvalue weighted by Gasteiger charge is 2.02. The summed E-state index contributed by atoms with van der Waals surface area (Å²) in [4.78, 5) is 4.45. The van der Waals surface area contributed by atoms with Crippen molar-refractivity contribution in [2.45, 2.75) is 26.8 Å². The van der Waals surface area contributed by atoms with Crippen LogP contribution in [0.5, 0.6) is 0 Å². The molecular weight excluding hydrogens is 210 g/mol. The highest BCUT2D eigenvalue weighted by atomic mass is 32.1. The van der Waals surface area contributed by atoms with Crippen LogP contribution in [-0.2, 0) is 13.0 Å². The third-order valence-corrected chi connectivity index (χ3v) is 3.02. The highest BCUT2D eigenvalue weighted by Crippen LogP contribution is 2.12. The molecule has 0 aliphatic rings. The lowest BCUT2D eigenvalue weighted by molar-refractivity contribution is 0.399. The van der Waals surface area contributed by atoms with Crippen LogP contribution < -0.4 is 5.32 Å². The molecule has 0 unspecified atom stereocenters. The monoisotopic (exact) mass is 223 g/mol. The lowest BCUT2D eigenvalue weighted by Gasteiger charge is -1.97. The largest absolute Gasteiger partial charge is 0.362 e. The van der Waals surface area contributed by atoms with Crippen molar-refractivity contribution in [2.24, 2.45) is 0 Å². The minimum atomic E-state index is 0.697. The Morgan fingerprint density at radius 2 is 2.40 bits per heavy atom. The van der Waals surface area contributed by atoms with Crippen LogP contribution in [0.4, 0.5) is 5.82 Å². The Morgan fingerprint density at radius 3 is 3.00 bits per heavy atom. The van der Waals surface area contributed by atoms with Crippen molar-refractivity contribution < 1.29 is 4.52 Å². The van der Waals surface area contributed by atoms with E-state index in [0.29, 0.717) is 6.54 Å². The quantitative estimate of drug-likeness (QED) is 0.865. The van der Waals surface area contributed by atoms with E-state index in [9.17, 15) is 0 Å². The fourth-order valence-corrected chi connectivity index (χ4v) is 1.97. The Kier molecular flexibility index (Phi) is 3.01. The Morgan fingerprint density at radius 1 is 1.53 bits per heavy atom. The number of rotatable bonds is 4. The van der Waals surface area contributed by atoms with Crippen LogP contribution in [0.15, 0.2) is 16.0 Å². The molecule has 0 aliphatic carbocycles. The Labute approximate surface area is 92.3 Å². The molecule has 0 amide bonds. The van der Waals surface area contributed by atoms with Crippen LogP contribution in [-0.4, -0.2) is 10.1 Å². The van der Waals surface area contributed by atoms with Crippen molar-refractivity contribution in [1.82, 2.24) is 10.1 Å². The van der Waals surface area contributed by atoms with Gasteiger partial charge in [-0.2, -0.15) is 0 Å². The summed E-state index contributed by atoms with van der Waals surface area (Å²) < 4.78 is 4.95. The number of aromatic nitrogens is 2. The predicted molar refractivity (Wildman–Crippen MR) is 60.1 cm³/mol. The fraction of sp³-hybridized carbons (Fsp3) is 0.400. The second-order valence-electron chi connectivity index (χ2n) is 3.26. The van der Waals surface area contributed by atoms with E-state index < -0.39 is 0 Å². The van der Waals surface area contributed by atoms with E-state index in [0.717, 1.165) is 23.7 Å². The van der Waals surface area contributed by atoms with Gasteiger partial charge in [0.2, 0.25) is 0 Å². The van der Waals surface area contributed by atoms with Crippen LogP contribution in [0, 0.1) is 6.92 Å². The summed E-state index contributed by atoms with van der Waals surface area (Å²) in [6.45, 7) is 4.68. The Hall–Kier alpha value is -1.36. The van der Waals surface area contributed by atoms with E-state index in [2.05, 4.69) is 27.8 Å². The third kappa shape index (κ3) is 2.56. The standard InChI is InChI=1S/C10H13N3OS/c1-3-10-12-8(6-15-10)5-11-9-4-7(2)14-13-9/h4,6H,3,5H2,1-2H3,(H,11,13). The lowest BCUT2D eigenvalue weighted by Crippen LogP contribution is -1.99. The van der Waals surface area contributed by atoms with Gasteiger partial charge in [0.05, 0.1) is 17.2 Å². The molecule has 0 saturated heterocycles. The second kappa shape index (κ2) is 4.44. The molecule has 80 valence electrons. The normalized spacial score (nSPS) is 10.5. The number of nitrogens with one attached hydrogen (secondary N) is 1. The SMILES string of the molecule is CCc1nc(CNc2cc(C)on2)cs1. The summed E-state index contributed by atoms with van der Waals surface area (Å²) in [7, 11) is 0. The van der Waals surface area contributed by atoms with E-state index in [4.69, 9.17) is 4.52 Å². The molecule has 0 fully saturated rings. The average molecular weight is 223 g/mol. The maximum atomic E-state index is 4.95. The van der Waals surface area contributed by atoms with E-state index in [1.807, 2.05) is 13.0 Å². The zero-order chi connectivity index (χ0) is 10.7. The first-order valence-electron chi connectivity index (χ1n) is 4.88. The maximum Gasteiger partial charge on any atom is 0.169 e. The maximum absolute atomic E-state index is 4.95. The smallest absolute Gasteiger partial charge is 0.169 e. The summed E-state index contributed by atoms with van der Waals surface area (Å²) >= 11 is 1.69. The molecule has 0 radical (unpaired) electrons. The number of aryl methyl sites for hydroxylation is 2. The summed E-state index contributed by atoms with van der Waals surface area (Å²) in [6, 6.07) is 1.87. The molecule has 2 heterocycles. The number of thiazole rings is 1. The van der Waals surface area contributed by atoms with Gasteiger partial charge < -0.3 is 9.84 Å². The summed E-state index contributed by atoms with van der Waals surface area (Å²) in [6.07, 6.45) is 0.994. The molecule has 0 aromatic carbocycles. The molecule has 15 heavy (non-hydrogen) atoms. The Balaban J connectivity index is 1.93. The predicted octanol–water partition coefficient (Wildman–Crippen LogP) is 2.61. The number of hydrogen-bond acceptors (Lipinski definition) is 5. The first kappa shape index (κ1) is 10.2. The van der Waals surface area contributed by atoms with Crippen LogP contribution >= 0.6 is 11.3 Å². The number of anilines is 1. The van der Waals surface area contributed by atoms with Gasteiger partial charge >= 0.3 is 0 Å². The molecule has 0 aliphatic heterocycles. The molecule has 2 aromatic rings. The lowest BCUT2D eigenvalue weighted by atomic mass is 10.4. The van der Waals surface area contributed by atoms with Gasteiger partial charge in [-0.1, -0.05) is 12.1 Å². The first-order chi connectivity index (χ1) is 7.28.